The smallest absolute Gasteiger partial charge is 0.240 e. The maximum absolute atomic E-state index is 12.2. The SMILES string of the molecule is CC[C@@H](C(N)=O)N1CC(CC(F)F)CC1=O. The van der Waals surface area contributed by atoms with Gasteiger partial charge in [0.25, 0.3) is 0 Å². The zero-order chi connectivity index (χ0) is 12.3. The van der Waals surface area contributed by atoms with Gasteiger partial charge in [0.1, 0.15) is 6.04 Å². The molecule has 92 valence electrons. The summed E-state index contributed by atoms with van der Waals surface area (Å²) >= 11 is 0. The largest absolute Gasteiger partial charge is 0.368 e. The Labute approximate surface area is 92.8 Å². The van der Waals surface area contributed by atoms with E-state index in [0.29, 0.717) is 6.42 Å². The summed E-state index contributed by atoms with van der Waals surface area (Å²) in [4.78, 5) is 23.9. The number of nitrogens with two attached hydrogens (primary N) is 1. The van der Waals surface area contributed by atoms with E-state index < -0.39 is 18.4 Å². The maximum Gasteiger partial charge on any atom is 0.240 e. The molecule has 0 aliphatic carbocycles. The summed E-state index contributed by atoms with van der Waals surface area (Å²) in [5.74, 6) is -1.19. The molecule has 0 aromatic rings. The van der Waals surface area contributed by atoms with Crippen LogP contribution in [0.2, 0.25) is 0 Å². The summed E-state index contributed by atoms with van der Waals surface area (Å²) in [5, 5.41) is 0. The zero-order valence-corrected chi connectivity index (χ0v) is 9.16. The Hall–Kier alpha value is -1.20. The second kappa shape index (κ2) is 5.23. The summed E-state index contributed by atoms with van der Waals surface area (Å²) in [5.41, 5.74) is 5.15. The summed E-state index contributed by atoms with van der Waals surface area (Å²) < 4.78 is 24.3. The van der Waals surface area contributed by atoms with Crippen LogP contribution in [0.25, 0.3) is 0 Å². The van der Waals surface area contributed by atoms with Crippen LogP contribution in [0.5, 0.6) is 0 Å². The van der Waals surface area contributed by atoms with E-state index in [1.807, 2.05) is 0 Å². The topological polar surface area (TPSA) is 63.4 Å². The molecule has 1 unspecified atom stereocenters. The van der Waals surface area contributed by atoms with Crippen molar-refractivity contribution in [2.24, 2.45) is 11.7 Å². The lowest BCUT2D eigenvalue weighted by Gasteiger charge is -2.24. The number of hydrogen-bond donors (Lipinski definition) is 1. The van der Waals surface area contributed by atoms with Crippen LogP contribution < -0.4 is 5.73 Å². The van der Waals surface area contributed by atoms with Crippen LogP contribution in [0, 0.1) is 5.92 Å². The Morgan fingerprint density at radius 2 is 2.25 bits per heavy atom. The summed E-state index contributed by atoms with van der Waals surface area (Å²) in [6.45, 7) is 1.95. The van der Waals surface area contributed by atoms with Gasteiger partial charge in [-0.2, -0.15) is 0 Å². The number of likely N-dealkylation sites (tertiary alicyclic amines) is 1. The predicted molar refractivity (Wildman–Crippen MR) is 53.7 cm³/mol. The number of nitrogens with zero attached hydrogens (tertiary/aromatic N) is 1. The Morgan fingerprint density at radius 3 is 2.69 bits per heavy atom. The van der Waals surface area contributed by atoms with E-state index in [1.165, 1.54) is 4.90 Å². The first-order valence-electron chi connectivity index (χ1n) is 5.32. The van der Waals surface area contributed by atoms with Crippen molar-refractivity contribution >= 4 is 11.8 Å². The van der Waals surface area contributed by atoms with Crippen molar-refractivity contribution in [3.63, 3.8) is 0 Å². The van der Waals surface area contributed by atoms with Gasteiger partial charge < -0.3 is 10.6 Å². The fourth-order valence-corrected chi connectivity index (χ4v) is 2.09. The van der Waals surface area contributed by atoms with Crippen molar-refractivity contribution in [3.05, 3.63) is 0 Å². The number of rotatable bonds is 5. The fraction of sp³-hybridized carbons (Fsp3) is 0.800. The monoisotopic (exact) mass is 234 g/mol. The minimum absolute atomic E-state index is 0.0914. The molecule has 1 rings (SSSR count). The van der Waals surface area contributed by atoms with Crippen LogP contribution in [0.3, 0.4) is 0 Å². The number of carbonyl (C=O) groups is 2. The molecule has 1 aliphatic rings. The van der Waals surface area contributed by atoms with Crippen molar-refractivity contribution in [1.82, 2.24) is 4.90 Å². The molecule has 0 saturated carbocycles. The number of carbonyl (C=O) groups excluding carboxylic acids is 2. The first-order chi connectivity index (χ1) is 7.45. The van der Waals surface area contributed by atoms with E-state index in [4.69, 9.17) is 5.73 Å². The van der Waals surface area contributed by atoms with Gasteiger partial charge in [-0.25, -0.2) is 8.78 Å². The highest BCUT2D eigenvalue weighted by atomic mass is 19.3. The molecule has 1 saturated heterocycles. The molecule has 1 aliphatic heterocycles. The number of amides is 2. The number of primary amides is 1. The summed E-state index contributed by atoms with van der Waals surface area (Å²) in [7, 11) is 0. The number of halogens is 2. The quantitative estimate of drug-likeness (QED) is 0.763. The van der Waals surface area contributed by atoms with Gasteiger partial charge in [0, 0.05) is 19.4 Å². The molecule has 0 aromatic carbocycles. The van der Waals surface area contributed by atoms with Crippen LogP contribution in [-0.4, -0.2) is 35.7 Å². The molecule has 0 spiro atoms. The Balaban J connectivity index is 2.63. The minimum atomic E-state index is -2.41. The average molecular weight is 234 g/mol. The lowest BCUT2D eigenvalue weighted by atomic mass is 10.1. The van der Waals surface area contributed by atoms with Gasteiger partial charge in [0.2, 0.25) is 18.2 Å². The third-order valence-electron chi connectivity index (χ3n) is 2.84. The molecule has 0 aromatic heterocycles. The van der Waals surface area contributed by atoms with Crippen LogP contribution in [0.15, 0.2) is 0 Å². The third kappa shape index (κ3) is 2.90. The third-order valence-corrected chi connectivity index (χ3v) is 2.84. The molecule has 1 fully saturated rings. The van der Waals surface area contributed by atoms with E-state index in [0.717, 1.165) is 0 Å². The molecule has 0 radical (unpaired) electrons. The first kappa shape index (κ1) is 12.9. The van der Waals surface area contributed by atoms with Crippen LogP contribution >= 0.6 is 0 Å². The van der Waals surface area contributed by atoms with E-state index in [1.54, 1.807) is 6.92 Å². The molecular weight excluding hydrogens is 218 g/mol. The summed E-state index contributed by atoms with van der Waals surface area (Å²) in [6, 6.07) is -0.657. The highest BCUT2D eigenvalue weighted by Gasteiger charge is 2.36. The van der Waals surface area contributed by atoms with Crippen molar-refractivity contribution in [2.75, 3.05) is 6.54 Å². The zero-order valence-electron chi connectivity index (χ0n) is 9.16. The lowest BCUT2D eigenvalue weighted by Crippen LogP contribution is -2.45. The van der Waals surface area contributed by atoms with Gasteiger partial charge in [0.05, 0.1) is 0 Å². The van der Waals surface area contributed by atoms with Crippen molar-refractivity contribution in [3.8, 4) is 0 Å². The first-order valence-corrected chi connectivity index (χ1v) is 5.32. The van der Waals surface area contributed by atoms with Gasteiger partial charge in [-0.15, -0.1) is 0 Å². The Kier molecular flexibility index (Phi) is 4.20. The molecular formula is C10H16F2N2O2. The van der Waals surface area contributed by atoms with Crippen molar-refractivity contribution in [1.29, 1.82) is 0 Å². The predicted octanol–water partition coefficient (Wildman–Crippen LogP) is 0.754. The van der Waals surface area contributed by atoms with Crippen molar-refractivity contribution in [2.45, 2.75) is 38.7 Å². The van der Waals surface area contributed by atoms with E-state index in [2.05, 4.69) is 0 Å². The Bertz CT molecular complexity index is 284. The normalized spacial score (nSPS) is 22.9. The molecule has 6 heteroatoms. The molecule has 0 bridgehead atoms. The second-order valence-corrected chi connectivity index (χ2v) is 4.07. The van der Waals surface area contributed by atoms with Gasteiger partial charge >= 0.3 is 0 Å². The summed E-state index contributed by atoms with van der Waals surface area (Å²) in [6.07, 6.45) is -2.19. The van der Waals surface area contributed by atoms with Gasteiger partial charge in [-0.05, 0) is 12.3 Å². The highest BCUT2D eigenvalue weighted by molar-refractivity contribution is 5.87. The number of alkyl halides is 2. The fourth-order valence-electron chi connectivity index (χ4n) is 2.09. The molecule has 1 heterocycles. The van der Waals surface area contributed by atoms with E-state index in [9.17, 15) is 18.4 Å². The van der Waals surface area contributed by atoms with Gasteiger partial charge in [-0.3, -0.25) is 9.59 Å². The Morgan fingerprint density at radius 1 is 1.62 bits per heavy atom. The molecule has 2 atom stereocenters. The van der Waals surface area contributed by atoms with Gasteiger partial charge in [0.15, 0.2) is 0 Å². The highest BCUT2D eigenvalue weighted by Crippen LogP contribution is 2.26. The van der Waals surface area contributed by atoms with Crippen LogP contribution in [-0.2, 0) is 9.59 Å². The minimum Gasteiger partial charge on any atom is -0.368 e. The van der Waals surface area contributed by atoms with Crippen LogP contribution in [0.1, 0.15) is 26.2 Å². The average Bonchev–Trinajstić information content (AvgIpc) is 2.46. The van der Waals surface area contributed by atoms with E-state index >= 15 is 0 Å². The van der Waals surface area contributed by atoms with Crippen LogP contribution in [0.4, 0.5) is 8.78 Å². The molecule has 4 nitrogen and oxygen atoms in total. The molecule has 2 N–H and O–H groups in total. The molecule has 16 heavy (non-hydrogen) atoms. The van der Waals surface area contributed by atoms with Crippen molar-refractivity contribution < 1.29 is 18.4 Å². The number of hydrogen-bond acceptors (Lipinski definition) is 2. The van der Waals surface area contributed by atoms with Gasteiger partial charge in [-0.1, -0.05) is 6.92 Å². The molecule has 2 amide bonds. The second-order valence-electron chi connectivity index (χ2n) is 4.07. The maximum atomic E-state index is 12.2. The van der Waals surface area contributed by atoms with E-state index in [-0.39, 0.29) is 31.2 Å². The lowest BCUT2D eigenvalue weighted by molar-refractivity contribution is -0.136. The standard InChI is InChI=1S/C10H16F2N2O2/c1-2-7(10(13)16)14-5-6(3-8(11)12)4-9(14)15/h6-8H,2-5H2,1H3,(H2,13,16)/t6?,7-/m0/s1.